The highest BCUT2D eigenvalue weighted by Gasteiger charge is 2.51. The summed E-state index contributed by atoms with van der Waals surface area (Å²) in [6.45, 7) is 8.76. The van der Waals surface area contributed by atoms with Crippen LogP contribution in [0.25, 0.3) is 10.4 Å². The average molecular weight is 400 g/mol. The van der Waals surface area contributed by atoms with E-state index in [0.29, 0.717) is 6.54 Å². The first kappa shape index (κ1) is 19.4. The molecule has 148 valence electrons. The quantitative estimate of drug-likeness (QED) is 0.791. The van der Waals surface area contributed by atoms with Gasteiger partial charge < -0.3 is 14.4 Å². The molecule has 3 heterocycles. The van der Waals surface area contributed by atoms with E-state index in [0.717, 1.165) is 33.8 Å². The van der Waals surface area contributed by atoms with Crippen molar-refractivity contribution in [2.75, 3.05) is 6.54 Å². The number of carboxylic acid groups (broad SMARTS) is 1. The van der Waals surface area contributed by atoms with Crippen molar-refractivity contribution in [2.45, 2.75) is 57.8 Å². The third-order valence-electron chi connectivity index (χ3n) is 6.03. The Morgan fingerprint density at radius 3 is 2.46 bits per heavy atom. The predicted octanol–water partition coefficient (Wildman–Crippen LogP) is 3.92. The van der Waals surface area contributed by atoms with E-state index < -0.39 is 6.09 Å². The minimum atomic E-state index is -0.869. The van der Waals surface area contributed by atoms with Gasteiger partial charge >= 0.3 is 13.2 Å². The van der Waals surface area contributed by atoms with Crippen LogP contribution in [0.5, 0.6) is 0 Å². The van der Waals surface area contributed by atoms with Crippen LogP contribution in [0.2, 0.25) is 0 Å². The van der Waals surface area contributed by atoms with Crippen molar-refractivity contribution in [2.24, 2.45) is 0 Å². The normalized spacial score (nSPS) is 23.4. The van der Waals surface area contributed by atoms with E-state index in [2.05, 4.69) is 4.98 Å². The van der Waals surface area contributed by atoms with Crippen LogP contribution in [0, 0.1) is 0 Å². The first-order chi connectivity index (χ1) is 13.2. The van der Waals surface area contributed by atoms with E-state index in [-0.39, 0.29) is 24.4 Å². The standard InChI is InChI=1S/C20H25BN2O4S/c1-19(2)20(3,4)27-21(26-19)14-9-7-13(8-10-14)16-12-22-17(28-16)15-6-5-11-23(15)18(24)25/h7-10,12,15H,5-6,11H2,1-4H3,(H,24,25). The molecule has 1 unspecified atom stereocenters. The monoisotopic (exact) mass is 400 g/mol. The number of rotatable bonds is 3. The summed E-state index contributed by atoms with van der Waals surface area (Å²) in [5.41, 5.74) is 1.32. The Morgan fingerprint density at radius 1 is 1.21 bits per heavy atom. The van der Waals surface area contributed by atoms with Crippen LogP contribution in [0.3, 0.4) is 0 Å². The van der Waals surface area contributed by atoms with Crippen LogP contribution in [-0.2, 0) is 9.31 Å². The van der Waals surface area contributed by atoms with Crippen molar-refractivity contribution in [1.82, 2.24) is 9.88 Å². The zero-order valence-electron chi connectivity index (χ0n) is 16.6. The molecular formula is C20H25BN2O4S. The summed E-state index contributed by atoms with van der Waals surface area (Å²) in [7, 11) is -0.376. The molecule has 1 atom stereocenters. The summed E-state index contributed by atoms with van der Waals surface area (Å²) in [6.07, 6.45) is 2.68. The molecule has 0 bridgehead atoms. The van der Waals surface area contributed by atoms with Gasteiger partial charge in [-0.1, -0.05) is 24.3 Å². The number of benzene rings is 1. The van der Waals surface area contributed by atoms with E-state index in [1.807, 2.05) is 58.2 Å². The minimum absolute atomic E-state index is 0.125. The Morgan fingerprint density at radius 2 is 1.86 bits per heavy atom. The molecule has 4 rings (SSSR count). The van der Waals surface area contributed by atoms with E-state index in [9.17, 15) is 9.90 Å². The molecule has 2 aliphatic heterocycles. The first-order valence-electron chi connectivity index (χ1n) is 9.59. The van der Waals surface area contributed by atoms with Gasteiger partial charge in [-0.2, -0.15) is 0 Å². The largest absolute Gasteiger partial charge is 0.494 e. The maximum Gasteiger partial charge on any atom is 0.494 e. The Bertz CT molecular complexity index is 865. The van der Waals surface area contributed by atoms with Gasteiger partial charge in [0, 0.05) is 12.7 Å². The molecular weight excluding hydrogens is 375 g/mol. The van der Waals surface area contributed by atoms with Crippen molar-refractivity contribution >= 4 is 30.0 Å². The molecule has 2 aliphatic rings. The molecule has 0 aliphatic carbocycles. The minimum Gasteiger partial charge on any atom is -0.465 e. The van der Waals surface area contributed by atoms with Crippen molar-refractivity contribution in [3.8, 4) is 10.4 Å². The summed E-state index contributed by atoms with van der Waals surface area (Å²) in [5, 5.41) is 10.2. The molecule has 1 amide bonds. The van der Waals surface area contributed by atoms with Crippen molar-refractivity contribution < 1.29 is 19.2 Å². The first-order valence-corrected chi connectivity index (χ1v) is 10.4. The number of aromatic nitrogens is 1. The molecule has 1 aromatic carbocycles. The lowest BCUT2D eigenvalue weighted by Crippen LogP contribution is -2.41. The van der Waals surface area contributed by atoms with E-state index >= 15 is 0 Å². The third-order valence-corrected chi connectivity index (χ3v) is 7.18. The Kier molecular flexibility index (Phi) is 4.76. The fraction of sp³-hybridized carbons (Fsp3) is 0.500. The van der Waals surface area contributed by atoms with Gasteiger partial charge in [-0.3, -0.25) is 4.90 Å². The van der Waals surface area contributed by atoms with Gasteiger partial charge in [0.25, 0.3) is 0 Å². The summed E-state index contributed by atoms with van der Waals surface area (Å²) in [6, 6.07) is 8.01. The maximum atomic E-state index is 11.4. The van der Waals surface area contributed by atoms with Gasteiger partial charge in [0.15, 0.2) is 0 Å². The smallest absolute Gasteiger partial charge is 0.465 e. The Labute approximate surface area is 169 Å². The summed E-state index contributed by atoms with van der Waals surface area (Å²) >= 11 is 1.56. The van der Waals surface area contributed by atoms with E-state index in [1.165, 1.54) is 4.90 Å². The maximum absolute atomic E-state index is 11.4. The topological polar surface area (TPSA) is 71.9 Å². The molecule has 1 N–H and O–H groups in total. The molecule has 1 aromatic heterocycles. The van der Waals surface area contributed by atoms with Crippen LogP contribution in [0.1, 0.15) is 51.6 Å². The van der Waals surface area contributed by atoms with Crippen molar-refractivity contribution in [3.63, 3.8) is 0 Å². The molecule has 2 fully saturated rings. The third kappa shape index (κ3) is 3.34. The van der Waals surface area contributed by atoms with E-state index in [1.54, 1.807) is 11.3 Å². The van der Waals surface area contributed by atoms with Crippen molar-refractivity contribution in [3.05, 3.63) is 35.5 Å². The molecule has 8 heteroatoms. The molecule has 2 saturated heterocycles. The lowest BCUT2D eigenvalue weighted by atomic mass is 9.79. The average Bonchev–Trinajstić information content (AvgIpc) is 3.33. The van der Waals surface area contributed by atoms with Crippen LogP contribution in [0.15, 0.2) is 30.5 Å². The van der Waals surface area contributed by atoms with Gasteiger partial charge in [-0.05, 0) is 51.6 Å². The number of amides is 1. The van der Waals surface area contributed by atoms with Crippen molar-refractivity contribution in [1.29, 1.82) is 0 Å². The second-order valence-corrected chi connectivity index (χ2v) is 9.47. The fourth-order valence-corrected chi connectivity index (χ4v) is 4.68. The summed E-state index contributed by atoms with van der Waals surface area (Å²) in [5.74, 6) is 0. The number of nitrogens with zero attached hydrogens (tertiary/aromatic N) is 2. The zero-order chi connectivity index (χ0) is 20.1. The van der Waals surface area contributed by atoms with Gasteiger partial charge in [0.05, 0.1) is 22.1 Å². The summed E-state index contributed by atoms with van der Waals surface area (Å²) in [4.78, 5) is 18.4. The van der Waals surface area contributed by atoms with Crippen LogP contribution < -0.4 is 5.46 Å². The highest BCUT2D eigenvalue weighted by Crippen LogP contribution is 2.38. The molecule has 0 radical (unpaired) electrons. The SMILES string of the molecule is CC1(C)OB(c2ccc(-c3cnc(C4CCCN4C(=O)O)s3)cc2)OC1(C)C. The molecule has 0 saturated carbocycles. The second-order valence-electron chi connectivity index (χ2n) is 8.41. The number of hydrogen-bond acceptors (Lipinski definition) is 5. The number of hydrogen-bond donors (Lipinski definition) is 1. The lowest BCUT2D eigenvalue weighted by molar-refractivity contribution is 0.00578. The molecule has 6 nitrogen and oxygen atoms in total. The molecule has 28 heavy (non-hydrogen) atoms. The number of thiazole rings is 1. The van der Waals surface area contributed by atoms with Gasteiger partial charge in [-0.25, -0.2) is 9.78 Å². The van der Waals surface area contributed by atoms with Gasteiger partial charge in [-0.15, -0.1) is 11.3 Å². The fourth-order valence-electron chi connectivity index (χ4n) is 3.61. The van der Waals surface area contributed by atoms with Crippen LogP contribution >= 0.6 is 11.3 Å². The number of likely N-dealkylation sites (tertiary alicyclic amines) is 1. The Balaban J connectivity index is 1.51. The molecule has 0 spiro atoms. The molecule has 2 aromatic rings. The Hall–Kier alpha value is -1.90. The number of carbonyl (C=O) groups is 1. The van der Waals surface area contributed by atoms with Gasteiger partial charge in [0.1, 0.15) is 5.01 Å². The zero-order valence-corrected chi connectivity index (χ0v) is 17.5. The second kappa shape index (κ2) is 6.86. The predicted molar refractivity (Wildman–Crippen MR) is 110 cm³/mol. The van der Waals surface area contributed by atoms with E-state index in [4.69, 9.17) is 9.31 Å². The van der Waals surface area contributed by atoms with Gasteiger partial charge in [0.2, 0.25) is 0 Å². The highest BCUT2D eigenvalue weighted by atomic mass is 32.1. The van der Waals surface area contributed by atoms with Crippen LogP contribution in [0.4, 0.5) is 4.79 Å². The van der Waals surface area contributed by atoms with Crippen LogP contribution in [-0.4, -0.2) is 45.9 Å². The lowest BCUT2D eigenvalue weighted by Gasteiger charge is -2.32. The summed E-state index contributed by atoms with van der Waals surface area (Å²) < 4.78 is 12.2. The highest BCUT2D eigenvalue weighted by molar-refractivity contribution is 7.15.